The van der Waals surface area contributed by atoms with Gasteiger partial charge >= 0.3 is 0 Å². The molecule has 0 atom stereocenters. The van der Waals surface area contributed by atoms with Gasteiger partial charge in [0.05, 0.1) is 6.61 Å². The van der Waals surface area contributed by atoms with Gasteiger partial charge in [-0.25, -0.2) is 0 Å². The van der Waals surface area contributed by atoms with Gasteiger partial charge in [0, 0.05) is 35.6 Å². The number of nitrogens with one attached hydrogen (secondary N) is 1. The third-order valence-corrected chi connectivity index (χ3v) is 4.92. The summed E-state index contributed by atoms with van der Waals surface area (Å²) < 4.78 is 7.77. The van der Waals surface area contributed by atoms with Gasteiger partial charge in [-0.05, 0) is 43.7 Å². The standard InChI is InChI=1S/C24H26N2O4/c1-17-13-22(18(2)26(17)15-19-7-4-3-5-8-19)23(28)16-30-21-10-6-9-20(14-21)24(29)25-11-12-27/h3-10,13-14,27H,11-12,15-16H2,1-2H3,(H,25,29). The maximum absolute atomic E-state index is 12.8. The van der Waals surface area contributed by atoms with Crippen LogP contribution < -0.4 is 10.1 Å². The molecule has 0 radical (unpaired) electrons. The molecule has 6 nitrogen and oxygen atoms in total. The summed E-state index contributed by atoms with van der Waals surface area (Å²) in [6, 6.07) is 18.6. The van der Waals surface area contributed by atoms with Crippen LogP contribution in [0.15, 0.2) is 60.7 Å². The number of ether oxygens (including phenoxy) is 1. The van der Waals surface area contributed by atoms with Crippen molar-refractivity contribution in [1.82, 2.24) is 9.88 Å². The maximum Gasteiger partial charge on any atom is 0.251 e. The van der Waals surface area contributed by atoms with Crippen molar-refractivity contribution < 1.29 is 19.4 Å². The fourth-order valence-corrected chi connectivity index (χ4v) is 3.32. The number of Topliss-reactive ketones (excluding diaryl/α,β-unsaturated/α-hetero) is 1. The molecule has 0 aliphatic carbocycles. The number of hydrogen-bond acceptors (Lipinski definition) is 4. The van der Waals surface area contributed by atoms with Gasteiger partial charge in [-0.2, -0.15) is 0 Å². The lowest BCUT2D eigenvalue weighted by atomic mass is 10.1. The quantitative estimate of drug-likeness (QED) is 0.535. The van der Waals surface area contributed by atoms with E-state index in [-0.39, 0.29) is 31.4 Å². The molecule has 1 heterocycles. The molecular weight excluding hydrogens is 380 g/mol. The van der Waals surface area contributed by atoms with Crippen LogP contribution >= 0.6 is 0 Å². The Kier molecular flexibility index (Phi) is 7.03. The van der Waals surface area contributed by atoms with Crippen molar-refractivity contribution in [3.63, 3.8) is 0 Å². The average molecular weight is 406 g/mol. The Labute approximate surface area is 176 Å². The van der Waals surface area contributed by atoms with E-state index in [4.69, 9.17) is 9.84 Å². The summed E-state index contributed by atoms with van der Waals surface area (Å²) in [5.41, 5.74) is 4.14. The van der Waals surface area contributed by atoms with Crippen LogP contribution in [-0.4, -0.2) is 41.1 Å². The molecule has 0 fully saturated rings. The topological polar surface area (TPSA) is 80.6 Å². The Morgan fingerprint density at radius 3 is 2.53 bits per heavy atom. The van der Waals surface area contributed by atoms with Crippen LogP contribution in [-0.2, 0) is 6.54 Å². The van der Waals surface area contributed by atoms with Crippen LogP contribution in [0.1, 0.15) is 37.7 Å². The molecule has 1 aromatic heterocycles. The number of amides is 1. The third kappa shape index (κ3) is 5.15. The molecule has 0 aliphatic heterocycles. The van der Waals surface area contributed by atoms with E-state index in [1.54, 1.807) is 24.3 Å². The highest BCUT2D eigenvalue weighted by Crippen LogP contribution is 2.19. The predicted molar refractivity (Wildman–Crippen MR) is 115 cm³/mol. The number of aryl methyl sites for hydroxylation is 1. The lowest BCUT2D eigenvalue weighted by molar-refractivity contribution is 0.0920. The van der Waals surface area contributed by atoms with E-state index in [0.717, 1.165) is 11.4 Å². The van der Waals surface area contributed by atoms with Gasteiger partial charge in [0.1, 0.15) is 5.75 Å². The molecule has 0 saturated carbocycles. The molecule has 6 heteroatoms. The monoisotopic (exact) mass is 406 g/mol. The number of rotatable bonds is 9. The number of aliphatic hydroxyl groups is 1. The van der Waals surface area contributed by atoms with Crippen molar-refractivity contribution in [3.05, 3.63) is 88.7 Å². The van der Waals surface area contributed by atoms with Gasteiger partial charge in [-0.15, -0.1) is 0 Å². The zero-order valence-electron chi connectivity index (χ0n) is 17.2. The Morgan fingerprint density at radius 2 is 1.80 bits per heavy atom. The lowest BCUT2D eigenvalue weighted by Gasteiger charge is -2.10. The molecule has 1 amide bonds. The SMILES string of the molecule is Cc1cc(C(=O)COc2cccc(C(=O)NCCO)c2)c(C)n1Cc1ccccc1. The molecule has 0 saturated heterocycles. The first-order chi connectivity index (χ1) is 14.5. The van der Waals surface area contributed by atoms with Gasteiger partial charge in [-0.3, -0.25) is 9.59 Å². The summed E-state index contributed by atoms with van der Waals surface area (Å²) in [4.78, 5) is 24.8. The van der Waals surface area contributed by atoms with Gasteiger partial charge in [0.25, 0.3) is 5.91 Å². The van der Waals surface area contributed by atoms with Gasteiger partial charge in [0.2, 0.25) is 5.78 Å². The van der Waals surface area contributed by atoms with Crippen molar-refractivity contribution in [3.8, 4) is 5.75 Å². The molecule has 3 rings (SSSR count). The summed E-state index contributed by atoms with van der Waals surface area (Å²) in [6.45, 7) is 4.58. The molecule has 0 spiro atoms. The van der Waals surface area contributed by atoms with Crippen LogP contribution in [0.25, 0.3) is 0 Å². The average Bonchev–Trinajstić information content (AvgIpc) is 3.05. The van der Waals surface area contributed by atoms with Crippen LogP contribution in [0.3, 0.4) is 0 Å². The van der Waals surface area contributed by atoms with E-state index < -0.39 is 0 Å². The highest BCUT2D eigenvalue weighted by Gasteiger charge is 2.17. The number of aliphatic hydroxyl groups excluding tert-OH is 1. The zero-order valence-corrected chi connectivity index (χ0v) is 17.2. The Balaban J connectivity index is 1.67. The molecule has 2 N–H and O–H groups in total. The van der Waals surface area contributed by atoms with Crippen LogP contribution in [0, 0.1) is 13.8 Å². The van der Waals surface area contributed by atoms with E-state index in [2.05, 4.69) is 22.0 Å². The second kappa shape index (κ2) is 9.89. The van der Waals surface area contributed by atoms with Crippen LogP contribution in [0.4, 0.5) is 0 Å². The number of carbonyl (C=O) groups excluding carboxylic acids is 2. The van der Waals surface area contributed by atoms with E-state index >= 15 is 0 Å². The van der Waals surface area contributed by atoms with E-state index in [0.29, 0.717) is 23.4 Å². The van der Waals surface area contributed by atoms with E-state index in [9.17, 15) is 9.59 Å². The molecule has 0 unspecified atom stereocenters. The molecule has 3 aromatic rings. The summed E-state index contributed by atoms with van der Waals surface area (Å²) in [7, 11) is 0. The zero-order chi connectivity index (χ0) is 21.5. The van der Waals surface area contributed by atoms with Crippen molar-refractivity contribution in [2.24, 2.45) is 0 Å². The number of hydrogen-bond donors (Lipinski definition) is 2. The van der Waals surface area contributed by atoms with Gasteiger partial charge in [0.15, 0.2) is 6.61 Å². The maximum atomic E-state index is 12.8. The Hall–Kier alpha value is -3.38. The molecule has 0 bridgehead atoms. The summed E-state index contributed by atoms with van der Waals surface area (Å²) >= 11 is 0. The first-order valence-electron chi connectivity index (χ1n) is 9.85. The summed E-state index contributed by atoms with van der Waals surface area (Å²) in [5, 5.41) is 11.4. The van der Waals surface area contributed by atoms with E-state index in [1.807, 2.05) is 38.1 Å². The first-order valence-corrected chi connectivity index (χ1v) is 9.85. The fraction of sp³-hybridized carbons (Fsp3) is 0.250. The number of benzene rings is 2. The molecule has 156 valence electrons. The normalized spacial score (nSPS) is 10.6. The summed E-state index contributed by atoms with van der Waals surface area (Å²) in [6.07, 6.45) is 0. The van der Waals surface area contributed by atoms with Crippen molar-refractivity contribution >= 4 is 11.7 Å². The van der Waals surface area contributed by atoms with Crippen LogP contribution in [0.5, 0.6) is 5.75 Å². The van der Waals surface area contributed by atoms with Crippen molar-refractivity contribution in [2.45, 2.75) is 20.4 Å². The first kappa shape index (κ1) is 21.3. The highest BCUT2D eigenvalue weighted by molar-refractivity contribution is 5.98. The van der Waals surface area contributed by atoms with Crippen LogP contribution in [0.2, 0.25) is 0 Å². The minimum absolute atomic E-state index is 0.113. The largest absolute Gasteiger partial charge is 0.485 e. The second-order valence-corrected chi connectivity index (χ2v) is 7.08. The predicted octanol–water partition coefficient (Wildman–Crippen LogP) is 3.14. The third-order valence-electron chi connectivity index (χ3n) is 4.92. The number of aromatic nitrogens is 1. The van der Waals surface area contributed by atoms with Crippen molar-refractivity contribution in [2.75, 3.05) is 19.8 Å². The fourth-order valence-electron chi connectivity index (χ4n) is 3.32. The smallest absolute Gasteiger partial charge is 0.251 e. The highest BCUT2D eigenvalue weighted by atomic mass is 16.5. The minimum Gasteiger partial charge on any atom is -0.485 e. The van der Waals surface area contributed by atoms with Gasteiger partial charge in [-0.1, -0.05) is 36.4 Å². The lowest BCUT2D eigenvalue weighted by Crippen LogP contribution is -2.26. The Morgan fingerprint density at radius 1 is 1.03 bits per heavy atom. The Bertz CT molecular complexity index is 1020. The number of ketones is 1. The molecule has 0 aliphatic rings. The summed E-state index contributed by atoms with van der Waals surface area (Å²) in [5.74, 6) is 0.0286. The van der Waals surface area contributed by atoms with Crippen molar-refractivity contribution in [1.29, 1.82) is 0 Å². The molecule has 2 aromatic carbocycles. The second-order valence-electron chi connectivity index (χ2n) is 7.08. The number of nitrogens with zero attached hydrogens (tertiary/aromatic N) is 1. The molecular formula is C24H26N2O4. The number of carbonyl (C=O) groups is 2. The van der Waals surface area contributed by atoms with E-state index in [1.165, 1.54) is 5.56 Å². The molecule has 30 heavy (non-hydrogen) atoms. The minimum atomic E-state index is -0.301. The van der Waals surface area contributed by atoms with Gasteiger partial charge < -0.3 is 19.7 Å².